The molecule has 0 amide bonds. The van der Waals surface area contributed by atoms with E-state index in [0.717, 1.165) is 22.6 Å². The molecule has 2 aromatic rings. The third-order valence-corrected chi connectivity index (χ3v) is 2.99. The molecule has 0 spiro atoms. The van der Waals surface area contributed by atoms with Gasteiger partial charge in [0.1, 0.15) is 18.1 Å². The van der Waals surface area contributed by atoms with Gasteiger partial charge in [0.15, 0.2) is 0 Å². The molecule has 0 saturated heterocycles. The van der Waals surface area contributed by atoms with Crippen molar-refractivity contribution >= 4 is 0 Å². The molecule has 2 rings (SSSR count). The lowest BCUT2D eigenvalue weighted by atomic mass is 10.1. The molecular formula is C17H20O3. The summed E-state index contributed by atoms with van der Waals surface area (Å²) in [6, 6.07) is 15.6. The van der Waals surface area contributed by atoms with Crippen molar-refractivity contribution in [1.29, 1.82) is 0 Å². The molecular weight excluding hydrogens is 252 g/mol. The Morgan fingerprint density at radius 2 is 1.75 bits per heavy atom. The van der Waals surface area contributed by atoms with Gasteiger partial charge in [-0.3, -0.25) is 0 Å². The van der Waals surface area contributed by atoms with Crippen molar-refractivity contribution in [3.63, 3.8) is 0 Å². The Balaban J connectivity index is 1.93. The van der Waals surface area contributed by atoms with Gasteiger partial charge in [0.25, 0.3) is 0 Å². The summed E-state index contributed by atoms with van der Waals surface area (Å²) in [6.07, 6.45) is 0.342. The van der Waals surface area contributed by atoms with Gasteiger partial charge in [-0.15, -0.1) is 0 Å². The smallest absolute Gasteiger partial charge is 0.119 e. The highest BCUT2D eigenvalue weighted by atomic mass is 16.5. The third-order valence-electron chi connectivity index (χ3n) is 2.99. The highest BCUT2D eigenvalue weighted by Gasteiger charge is 2.01. The zero-order valence-electron chi connectivity index (χ0n) is 11.9. The summed E-state index contributed by atoms with van der Waals surface area (Å²) in [6.45, 7) is 2.29. The van der Waals surface area contributed by atoms with E-state index in [2.05, 4.69) is 0 Å². The number of aliphatic hydroxyl groups is 1. The van der Waals surface area contributed by atoms with Crippen LogP contribution in [0, 0.1) is 0 Å². The number of ether oxygens (including phenoxy) is 2. The molecule has 3 nitrogen and oxygen atoms in total. The normalized spacial score (nSPS) is 11.9. The van der Waals surface area contributed by atoms with Gasteiger partial charge in [-0.1, -0.05) is 24.3 Å². The molecule has 1 unspecified atom stereocenters. The maximum atomic E-state index is 9.33. The molecule has 0 fully saturated rings. The minimum absolute atomic E-state index is 0.321. The first kappa shape index (κ1) is 14.4. The molecule has 1 N–H and O–H groups in total. The Labute approximate surface area is 119 Å². The van der Waals surface area contributed by atoms with Gasteiger partial charge in [0.2, 0.25) is 0 Å². The van der Waals surface area contributed by atoms with Crippen molar-refractivity contribution < 1.29 is 14.6 Å². The van der Waals surface area contributed by atoms with Crippen LogP contribution in [0.25, 0.3) is 0 Å². The van der Waals surface area contributed by atoms with E-state index in [4.69, 9.17) is 9.47 Å². The monoisotopic (exact) mass is 272 g/mol. The molecule has 2 aromatic carbocycles. The highest BCUT2D eigenvalue weighted by molar-refractivity contribution is 5.30. The van der Waals surface area contributed by atoms with Crippen molar-refractivity contribution in [2.45, 2.75) is 26.1 Å². The van der Waals surface area contributed by atoms with Gasteiger partial charge >= 0.3 is 0 Å². The number of benzene rings is 2. The molecule has 0 saturated carbocycles. The van der Waals surface area contributed by atoms with Crippen LogP contribution in [-0.2, 0) is 13.0 Å². The van der Waals surface area contributed by atoms with Gasteiger partial charge in [0, 0.05) is 0 Å². The molecule has 0 aliphatic heterocycles. The van der Waals surface area contributed by atoms with Crippen LogP contribution in [0.2, 0.25) is 0 Å². The van der Waals surface area contributed by atoms with Gasteiger partial charge in [-0.05, 0) is 48.7 Å². The highest BCUT2D eigenvalue weighted by Crippen LogP contribution is 2.17. The van der Waals surface area contributed by atoms with Crippen LogP contribution in [0.15, 0.2) is 48.5 Å². The van der Waals surface area contributed by atoms with E-state index in [0.29, 0.717) is 13.0 Å². The fraction of sp³-hybridized carbons (Fsp3) is 0.294. The van der Waals surface area contributed by atoms with E-state index in [1.54, 1.807) is 14.0 Å². The number of methoxy groups -OCH3 is 1. The van der Waals surface area contributed by atoms with Crippen LogP contribution < -0.4 is 9.47 Å². The molecule has 1 atom stereocenters. The first-order valence-electron chi connectivity index (χ1n) is 6.70. The molecule has 0 heterocycles. The SMILES string of the molecule is COc1cccc(COc2ccc(CC(C)O)cc2)c1. The number of rotatable bonds is 6. The zero-order chi connectivity index (χ0) is 14.4. The van der Waals surface area contributed by atoms with E-state index in [-0.39, 0.29) is 6.10 Å². The zero-order valence-corrected chi connectivity index (χ0v) is 11.9. The van der Waals surface area contributed by atoms with Crippen molar-refractivity contribution in [2.24, 2.45) is 0 Å². The fourth-order valence-corrected chi connectivity index (χ4v) is 1.99. The van der Waals surface area contributed by atoms with Crippen LogP contribution in [0.5, 0.6) is 11.5 Å². The lowest BCUT2D eigenvalue weighted by Crippen LogP contribution is -2.03. The van der Waals surface area contributed by atoms with Crippen molar-refractivity contribution in [2.75, 3.05) is 7.11 Å². The molecule has 0 radical (unpaired) electrons. The Bertz CT molecular complexity index is 532. The molecule has 0 aliphatic carbocycles. The second-order valence-electron chi connectivity index (χ2n) is 4.84. The Hall–Kier alpha value is -2.00. The minimum Gasteiger partial charge on any atom is -0.497 e. The van der Waals surface area contributed by atoms with E-state index in [9.17, 15) is 5.11 Å². The summed E-state index contributed by atoms with van der Waals surface area (Å²) >= 11 is 0. The number of aliphatic hydroxyl groups excluding tert-OH is 1. The molecule has 0 aliphatic rings. The lowest BCUT2D eigenvalue weighted by molar-refractivity contribution is 0.195. The number of hydrogen-bond acceptors (Lipinski definition) is 3. The van der Waals surface area contributed by atoms with Gasteiger partial charge in [0.05, 0.1) is 13.2 Å². The summed E-state index contributed by atoms with van der Waals surface area (Å²) in [4.78, 5) is 0. The number of hydrogen-bond donors (Lipinski definition) is 1. The third kappa shape index (κ3) is 4.28. The van der Waals surface area contributed by atoms with Crippen molar-refractivity contribution in [3.05, 3.63) is 59.7 Å². The molecule has 0 aromatic heterocycles. The Kier molecular flexibility index (Phi) is 5.02. The van der Waals surface area contributed by atoms with E-state index in [1.165, 1.54) is 0 Å². The molecule has 3 heteroatoms. The Morgan fingerprint density at radius 1 is 1.00 bits per heavy atom. The molecule has 0 bridgehead atoms. The summed E-state index contributed by atoms with van der Waals surface area (Å²) in [7, 11) is 1.65. The molecule has 106 valence electrons. The van der Waals surface area contributed by atoms with Crippen molar-refractivity contribution in [3.8, 4) is 11.5 Å². The van der Waals surface area contributed by atoms with Crippen LogP contribution in [0.3, 0.4) is 0 Å². The van der Waals surface area contributed by atoms with Crippen LogP contribution in [0.4, 0.5) is 0 Å². The topological polar surface area (TPSA) is 38.7 Å². The summed E-state index contributed by atoms with van der Waals surface area (Å²) < 4.78 is 10.9. The predicted molar refractivity (Wildman–Crippen MR) is 79.2 cm³/mol. The molecule has 20 heavy (non-hydrogen) atoms. The van der Waals surface area contributed by atoms with Crippen LogP contribution in [-0.4, -0.2) is 18.3 Å². The van der Waals surface area contributed by atoms with Crippen LogP contribution >= 0.6 is 0 Å². The average molecular weight is 272 g/mol. The van der Waals surface area contributed by atoms with Crippen molar-refractivity contribution in [1.82, 2.24) is 0 Å². The quantitative estimate of drug-likeness (QED) is 0.877. The second kappa shape index (κ2) is 6.96. The van der Waals surface area contributed by atoms with Crippen LogP contribution in [0.1, 0.15) is 18.1 Å². The largest absolute Gasteiger partial charge is 0.497 e. The fourth-order valence-electron chi connectivity index (χ4n) is 1.99. The van der Waals surface area contributed by atoms with E-state index in [1.807, 2.05) is 48.5 Å². The first-order valence-corrected chi connectivity index (χ1v) is 6.70. The predicted octanol–water partition coefficient (Wildman–Crippen LogP) is 3.20. The summed E-state index contributed by atoms with van der Waals surface area (Å²) in [5.74, 6) is 1.65. The minimum atomic E-state index is -0.321. The first-order chi connectivity index (χ1) is 9.67. The van der Waals surface area contributed by atoms with E-state index < -0.39 is 0 Å². The van der Waals surface area contributed by atoms with E-state index >= 15 is 0 Å². The van der Waals surface area contributed by atoms with Gasteiger partial charge in [-0.25, -0.2) is 0 Å². The lowest BCUT2D eigenvalue weighted by Gasteiger charge is -2.09. The standard InChI is InChI=1S/C17H20O3/c1-13(18)10-14-6-8-16(9-7-14)20-12-15-4-3-5-17(11-15)19-2/h3-9,11,13,18H,10,12H2,1-2H3. The average Bonchev–Trinajstić information content (AvgIpc) is 2.46. The maximum absolute atomic E-state index is 9.33. The summed E-state index contributed by atoms with van der Waals surface area (Å²) in [5, 5.41) is 9.33. The second-order valence-corrected chi connectivity index (χ2v) is 4.84. The Morgan fingerprint density at radius 3 is 2.40 bits per heavy atom. The van der Waals surface area contributed by atoms with Gasteiger partial charge in [-0.2, -0.15) is 0 Å². The van der Waals surface area contributed by atoms with Gasteiger partial charge < -0.3 is 14.6 Å². The summed E-state index contributed by atoms with van der Waals surface area (Å²) in [5.41, 5.74) is 2.17. The maximum Gasteiger partial charge on any atom is 0.119 e.